The molecule has 4 rings (SSSR count). The lowest BCUT2D eigenvalue weighted by molar-refractivity contribution is 0.0599. The molecular weight excluding hydrogens is 406 g/mol. The Morgan fingerprint density at radius 2 is 1.97 bits per heavy atom. The number of esters is 1. The number of ether oxygens (including phenoxy) is 1. The Hall–Kier alpha value is -4.28. The molecule has 1 aromatic carbocycles. The third-order valence-corrected chi connectivity index (χ3v) is 5.08. The van der Waals surface area contributed by atoms with E-state index in [2.05, 4.69) is 15.4 Å². The fourth-order valence-corrected chi connectivity index (χ4v) is 3.61. The smallest absolute Gasteiger partial charge is 0.354 e. The van der Waals surface area contributed by atoms with Gasteiger partial charge in [0, 0.05) is 12.1 Å². The third-order valence-electron chi connectivity index (χ3n) is 5.08. The lowest BCUT2D eigenvalue weighted by atomic mass is 10.0. The summed E-state index contributed by atoms with van der Waals surface area (Å²) in [5, 5.41) is 16.1. The Bertz CT molecular complexity index is 1260. The fourth-order valence-electron chi connectivity index (χ4n) is 3.61. The summed E-state index contributed by atoms with van der Waals surface area (Å²) in [6.45, 7) is 0. The predicted molar refractivity (Wildman–Crippen MR) is 105 cm³/mol. The maximum atomic E-state index is 12.8. The van der Waals surface area contributed by atoms with Crippen LogP contribution in [0.5, 0.6) is 0 Å². The number of hydrogen-bond acceptors (Lipinski definition) is 7. The van der Waals surface area contributed by atoms with Crippen molar-refractivity contribution in [1.29, 1.82) is 0 Å². The number of benzene rings is 1. The number of aryl methyl sites for hydroxylation is 1. The fraction of sp³-hybridized carbons (Fsp3) is 0.200. The van der Waals surface area contributed by atoms with E-state index < -0.39 is 23.8 Å². The lowest BCUT2D eigenvalue weighted by Gasteiger charge is -2.14. The molecule has 4 N–H and O–H groups in total. The molecule has 0 aliphatic heterocycles. The molecule has 0 spiro atoms. The number of carbonyl (C=O) groups is 4. The highest BCUT2D eigenvalue weighted by molar-refractivity contribution is 5.97. The highest BCUT2D eigenvalue weighted by Gasteiger charge is 2.27. The van der Waals surface area contributed by atoms with Gasteiger partial charge in [-0.1, -0.05) is 6.07 Å². The molecule has 0 unspecified atom stereocenters. The van der Waals surface area contributed by atoms with Crippen LogP contribution in [0.4, 0.5) is 0 Å². The van der Waals surface area contributed by atoms with Gasteiger partial charge in [-0.3, -0.25) is 9.59 Å². The van der Waals surface area contributed by atoms with Gasteiger partial charge in [-0.05, 0) is 36.1 Å². The molecule has 1 atom stereocenters. The van der Waals surface area contributed by atoms with Gasteiger partial charge in [0.1, 0.15) is 5.69 Å². The summed E-state index contributed by atoms with van der Waals surface area (Å²) in [5.41, 5.74) is 6.77. The molecule has 2 aromatic heterocycles. The molecule has 0 radical (unpaired) electrons. The molecule has 2 amide bonds. The average Bonchev–Trinajstić information content (AvgIpc) is 3.36. The summed E-state index contributed by atoms with van der Waals surface area (Å²) >= 11 is 0. The topological polar surface area (TPSA) is 166 Å². The summed E-state index contributed by atoms with van der Waals surface area (Å²) in [7, 11) is 1.31. The summed E-state index contributed by atoms with van der Waals surface area (Å²) in [4.78, 5) is 51.6. The number of primary amides is 1. The number of amides is 2. The van der Waals surface area contributed by atoms with E-state index in [1.165, 1.54) is 13.2 Å². The summed E-state index contributed by atoms with van der Waals surface area (Å²) in [6.07, 6.45) is 1.26. The monoisotopic (exact) mass is 423 g/mol. The van der Waals surface area contributed by atoms with Gasteiger partial charge in [-0.2, -0.15) is 5.10 Å². The predicted octanol–water partition coefficient (Wildman–Crippen LogP) is 0.730. The minimum Gasteiger partial charge on any atom is -0.477 e. The van der Waals surface area contributed by atoms with Crippen LogP contribution in [-0.2, 0) is 11.2 Å². The number of fused-ring (bicyclic) bond motifs is 2. The average molecular weight is 423 g/mol. The quantitative estimate of drug-likeness (QED) is 0.505. The molecule has 0 bridgehead atoms. The van der Waals surface area contributed by atoms with Gasteiger partial charge in [-0.25, -0.2) is 19.1 Å². The number of carboxylic acids is 1. The number of aromatic nitrogens is 3. The number of aromatic carboxylic acids is 1. The SMILES string of the molecule is COC(=O)c1ccc2c(c1)CC[C@@H]2NC(=O)c1cc(C(=O)O)n2nc(C(N)=O)cc2n1. The van der Waals surface area contributed by atoms with Crippen LogP contribution in [0.15, 0.2) is 30.3 Å². The standard InChI is InChI=1S/C20H17N5O6/c1-31-20(30)10-2-4-11-9(6-10)3-5-12(11)23-18(27)14-7-15(19(28)29)25-16(22-14)8-13(24-25)17(21)26/h2,4,6-8,12H,3,5H2,1H3,(H2,21,26)(H,23,27)(H,28,29)/t12-/m0/s1. The van der Waals surface area contributed by atoms with Crippen molar-refractivity contribution in [2.24, 2.45) is 5.73 Å². The Kier molecular flexibility index (Phi) is 4.85. The van der Waals surface area contributed by atoms with Crippen LogP contribution in [-0.4, -0.2) is 50.6 Å². The molecular formula is C20H17N5O6. The number of carbonyl (C=O) groups excluding carboxylic acids is 3. The molecule has 11 nitrogen and oxygen atoms in total. The third kappa shape index (κ3) is 3.56. The van der Waals surface area contributed by atoms with Gasteiger partial charge >= 0.3 is 11.9 Å². The van der Waals surface area contributed by atoms with Crippen LogP contribution >= 0.6 is 0 Å². The van der Waals surface area contributed by atoms with Crippen LogP contribution in [0.3, 0.4) is 0 Å². The number of nitrogens with zero attached hydrogens (tertiary/aromatic N) is 3. The summed E-state index contributed by atoms with van der Waals surface area (Å²) in [6, 6.07) is 7.09. The maximum Gasteiger partial charge on any atom is 0.354 e. The van der Waals surface area contributed by atoms with Crippen molar-refractivity contribution in [2.75, 3.05) is 7.11 Å². The second-order valence-corrected chi connectivity index (χ2v) is 6.97. The first-order valence-electron chi connectivity index (χ1n) is 9.24. The van der Waals surface area contributed by atoms with E-state index in [-0.39, 0.29) is 28.8 Å². The maximum absolute atomic E-state index is 12.8. The van der Waals surface area contributed by atoms with Crippen LogP contribution in [0.2, 0.25) is 0 Å². The normalized spacial score (nSPS) is 14.8. The molecule has 0 fully saturated rings. The van der Waals surface area contributed by atoms with Crippen LogP contribution in [0.25, 0.3) is 5.65 Å². The van der Waals surface area contributed by atoms with Crippen LogP contribution < -0.4 is 11.1 Å². The molecule has 0 saturated heterocycles. The zero-order valence-corrected chi connectivity index (χ0v) is 16.3. The summed E-state index contributed by atoms with van der Waals surface area (Å²) in [5.74, 6) is -3.21. The van der Waals surface area contributed by atoms with E-state index in [4.69, 9.17) is 10.5 Å². The van der Waals surface area contributed by atoms with Crippen molar-refractivity contribution in [1.82, 2.24) is 19.9 Å². The van der Waals surface area contributed by atoms with E-state index in [0.29, 0.717) is 18.4 Å². The van der Waals surface area contributed by atoms with Gasteiger partial charge in [0.05, 0.1) is 18.7 Å². The highest BCUT2D eigenvalue weighted by atomic mass is 16.5. The van der Waals surface area contributed by atoms with Gasteiger partial charge in [0.15, 0.2) is 17.0 Å². The first-order valence-corrected chi connectivity index (χ1v) is 9.24. The number of hydrogen-bond donors (Lipinski definition) is 3. The van der Waals surface area contributed by atoms with Crippen molar-refractivity contribution in [3.8, 4) is 0 Å². The van der Waals surface area contributed by atoms with E-state index in [1.54, 1.807) is 18.2 Å². The molecule has 2 heterocycles. The summed E-state index contributed by atoms with van der Waals surface area (Å²) < 4.78 is 5.67. The second kappa shape index (κ2) is 7.52. The molecule has 3 aromatic rings. The zero-order valence-electron chi connectivity index (χ0n) is 16.3. The van der Waals surface area contributed by atoms with Crippen LogP contribution in [0, 0.1) is 0 Å². The first-order chi connectivity index (χ1) is 14.8. The first kappa shape index (κ1) is 20.0. The molecule has 1 aliphatic rings. The highest BCUT2D eigenvalue weighted by Crippen LogP contribution is 2.32. The number of nitrogens with one attached hydrogen (secondary N) is 1. The second-order valence-electron chi connectivity index (χ2n) is 6.97. The number of nitrogens with two attached hydrogens (primary N) is 1. The molecule has 0 saturated carbocycles. The molecule has 1 aliphatic carbocycles. The van der Waals surface area contributed by atoms with Gasteiger partial charge < -0.3 is 20.9 Å². The van der Waals surface area contributed by atoms with E-state index in [0.717, 1.165) is 21.7 Å². The van der Waals surface area contributed by atoms with Gasteiger partial charge in [0.25, 0.3) is 11.8 Å². The van der Waals surface area contributed by atoms with Crippen molar-refractivity contribution >= 4 is 29.4 Å². The Labute approximate surface area is 174 Å². The number of methoxy groups -OCH3 is 1. The number of rotatable bonds is 5. The Morgan fingerprint density at radius 1 is 1.19 bits per heavy atom. The van der Waals surface area contributed by atoms with E-state index >= 15 is 0 Å². The largest absolute Gasteiger partial charge is 0.477 e. The minimum atomic E-state index is -1.35. The van der Waals surface area contributed by atoms with Crippen molar-refractivity contribution in [3.05, 3.63) is 64.1 Å². The number of carboxylic acid groups (broad SMARTS) is 1. The Balaban J connectivity index is 1.63. The van der Waals surface area contributed by atoms with Crippen molar-refractivity contribution in [3.63, 3.8) is 0 Å². The lowest BCUT2D eigenvalue weighted by Crippen LogP contribution is -2.28. The van der Waals surface area contributed by atoms with E-state index in [9.17, 15) is 24.3 Å². The molecule has 31 heavy (non-hydrogen) atoms. The van der Waals surface area contributed by atoms with Gasteiger partial charge in [-0.15, -0.1) is 0 Å². The zero-order chi connectivity index (χ0) is 22.3. The van der Waals surface area contributed by atoms with Crippen molar-refractivity contribution in [2.45, 2.75) is 18.9 Å². The Morgan fingerprint density at radius 3 is 2.65 bits per heavy atom. The van der Waals surface area contributed by atoms with Gasteiger partial charge in [0.2, 0.25) is 0 Å². The van der Waals surface area contributed by atoms with Crippen LogP contribution in [0.1, 0.15) is 65.4 Å². The molecule has 158 valence electrons. The van der Waals surface area contributed by atoms with Crippen molar-refractivity contribution < 1.29 is 29.0 Å². The molecule has 11 heteroatoms. The minimum absolute atomic E-state index is 0.00777. The van der Waals surface area contributed by atoms with E-state index in [1.807, 2.05) is 0 Å².